The number of alkyl halides is 1. The molecule has 0 amide bonds. The highest BCUT2D eigenvalue weighted by atomic mass is 79.9. The Morgan fingerprint density at radius 3 is 2.41 bits per heavy atom. The first kappa shape index (κ1) is 12.2. The van der Waals surface area contributed by atoms with Gasteiger partial charge in [-0.2, -0.15) is 0 Å². The van der Waals surface area contributed by atoms with Crippen molar-refractivity contribution in [1.82, 2.24) is 4.98 Å². The molecule has 0 saturated heterocycles. The van der Waals surface area contributed by atoms with Crippen LogP contribution in [-0.2, 0) is 6.42 Å². The summed E-state index contributed by atoms with van der Waals surface area (Å²) in [4.78, 5) is 4.00. The molecule has 17 heavy (non-hydrogen) atoms. The molecule has 0 aliphatic carbocycles. The number of hydrogen-bond acceptors (Lipinski definition) is 1. The average Bonchev–Trinajstić information content (AvgIpc) is 2.35. The predicted molar refractivity (Wildman–Crippen MR) is 66.0 cm³/mol. The Balaban J connectivity index is 2.13. The van der Waals surface area contributed by atoms with E-state index in [9.17, 15) is 8.78 Å². The molecule has 0 N–H and O–H groups in total. The highest BCUT2D eigenvalue weighted by molar-refractivity contribution is 9.09. The first-order valence-electron chi connectivity index (χ1n) is 5.15. The van der Waals surface area contributed by atoms with E-state index < -0.39 is 11.6 Å². The van der Waals surface area contributed by atoms with E-state index in [0.717, 1.165) is 17.2 Å². The lowest BCUT2D eigenvalue weighted by atomic mass is 10.1. The molecule has 1 unspecified atom stereocenters. The molecule has 0 aliphatic heterocycles. The molecule has 0 fully saturated rings. The quantitative estimate of drug-likeness (QED) is 0.779. The van der Waals surface area contributed by atoms with Crippen molar-refractivity contribution >= 4 is 15.9 Å². The monoisotopic (exact) mass is 297 g/mol. The number of hydrogen-bond donors (Lipinski definition) is 0. The summed E-state index contributed by atoms with van der Waals surface area (Å²) in [6, 6.07) is 7.74. The Morgan fingerprint density at radius 2 is 1.76 bits per heavy atom. The molecule has 0 saturated carbocycles. The van der Waals surface area contributed by atoms with Crippen molar-refractivity contribution in [3.05, 3.63) is 65.5 Å². The lowest BCUT2D eigenvalue weighted by Gasteiger charge is -2.10. The van der Waals surface area contributed by atoms with Crippen LogP contribution >= 0.6 is 15.9 Å². The van der Waals surface area contributed by atoms with Gasteiger partial charge in [-0.1, -0.05) is 22.0 Å². The van der Waals surface area contributed by atoms with Crippen LogP contribution in [0.2, 0.25) is 0 Å². The van der Waals surface area contributed by atoms with Gasteiger partial charge < -0.3 is 0 Å². The molecule has 1 aromatic carbocycles. The summed E-state index contributed by atoms with van der Waals surface area (Å²) in [5.41, 5.74) is 1.81. The number of benzene rings is 1. The lowest BCUT2D eigenvalue weighted by Crippen LogP contribution is -1.97. The van der Waals surface area contributed by atoms with Crippen LogP contribution in [-0.4, -0.2) is 4.98 Å². The molecule has 2 rings (SSSR count). The van der Waals surface area contributed by atoms with E-state index >= 15 is 0 Å². The average molecular weight is 298 g/mol. The molecular formula is C13H10BrF2N. The summed E-state index contributed by atoms with van der Waals surface area (Å²) >= 11 is 3.52. The van der Waals surface area contributed by atoms with Gasteiger partial charge in [-0.3, -0.25) is 4.98 Å². The fourth-order valence-electron chi connectivity index (χ4n) is 1.56. The highest BCUT2D eigenvalue weighted by Gasteiger charge is 2.10. The van der Waals surface area contributed by atoms with Gasteiger partial charge in [0.05, 0.1) is 0 Å². The minimum atomic E-state index is -0.816. The maximum atomic E-state index is 13.0. The molecule has 4 heteroatoms. The highest BCUT2D eigenvalue weighted by Crippen LogP contribution is 2.26. The van der Waals surface area contributed by atoms with Crippen molar-refractivity contribution in [3.8, 4) is 0 Å². The second kappa shape index (κ2) is 5.36. The second-order valence-electron chi connectivity index (χ2n) is 3.70. The fourth-order valence-corrected chi connectivity index (χ4v) is 2.24. The summed E-state index contributed by atoms with van der Waals surface area (Å²) in [5.74, 6) is -1.62. The summed E-state index contributed by atoms with van der Waals surface area (Å²) in [7, 11) is 0. The van der Waals surface area contributed by atoms with Gasteiger partial charge in [0.15, 0.2) is 11.6 Å². The van der Waals surface area contributed by atoms with Crippen molar-refractivity contribution in [1.29, 1.82) is 0 Å². The number of rotatable bonds is 3. The normalized spacial score (nSPS) is 12.4. The van der Waals surface area contributed by atoms with Crippen molar-refractivity contribution in [2.75, 3.05) is 0 Å². The van der Waals surface area contributed by atoms with Crippen molar-refractivity contribution in [2.45, 2.75) is 11.2 Å². The van der Waals surface area contributed by atoms with E-state index in [-0.39, 0.29) is 4.83 Å². The summed E-state index contributed by atoms with van der Waals surface area (Å²) in [6.45, 7) is 0. The zero-order valence-electron chi connectivity index (χ0n) is 8.91. The van der Waals surface area contributed by atoms with E-state index in [1.54, 1.807) is 18.5 Å². The Hall–Kier alpha value is -1.29. The third-order valence-electron chi connectivity index (χ3n) is 2.47. The number of halogens is 3. The van der Waals surface area contributed by atoms with Crippen molar-refractivity contribution < 1.29 is 8.78 Å². The molecule has 2 aromatic rings. The maximum absolute atomic E-state index is 13.0. The lowest BCUT2D eigenvalue weighted by molar-refractivity contribution is 0.507. The van der Waals surface area contributed by atoms with E-state index in [0.29, 0.717) is 6.42 Å². The molecule has 88 valence electrons. The topological polar surface area (TPSA) is 12.9 Å². The van der Waals surface area contributed by atoms with Gasteiger partial charge in [-0.25, -0.2) is 8.78 Å². The summed E-state index contributed by atoms with van der Waals surface area (Å²) in [6.07, 6.45) is 4.00. The second-order valence-corrected chi connectivity index (χ2v) is 4.81. The minimum Gasteiger partial charge on any atom is -0.265 e. The van der Waals surface area contributed by atoms with Crippen LogP contribution in [0.25, 0.3) is 0 Å². The van der Waals surface area contributed by atoms with Crippen LogP contribution in [0.15, 0.2) is 42.7 Å². The zero-order valence-corrected chi connectivity index (χ0v) is 10.5. The van der Waals surface area contributed by atoms with E-state index in [1.165, 1.54) is 6.07 Å². The SMILES string of the molecule is Fc1ccc(CC(Br)c2ccncc2)cc1F. The predicted octanol–water partition coefficient (Wildman–Crippen LogP) is 4.04. The first-order valence-corrected chi connectivity index (χ1v) is 6.06. The van der Waals surface area contributed by atoms with Gasteiger partial charge in [0.25, 0.3) is 0 Å². The van der Waals surface area contributed by atoms with Crippen LogP contribution < -0.4 is 0 Å². The molecule has 0 aliphatic rings. The molecule has 1 aromatic heterocycles. The Kier molecular flexibility index (Phi) is 3.84. The third kappa shape index (κ3) is 3.09. The molecule has 0 spiro atoms. The van der Waals surface area contributed by atoms with Gasteiger partial charge in [0.2, 0.25) is 0 Å². The van der Waals surface area contributed by atoms with Gasteiger partial charge in [0, 0.05) is 17.2 Å². The standard InChI is InChI=1S/C13H10BrF2N/c14-11(10-3-5-17-6-4-10)7-9-1-2-12(15)13(16)8-9/h1-6,8,11H,7H2. The fraction of sp³-hybridized carbons (Fsp3) is 0.154. The Bertz CT molecular complexity index is 502. The molecule has 1 atom stereocenters. The van der Waals surface area contributed by atoms with Crippen LogP contribution in [0.1, 0.15) is 16.0 Å². The van der Waals surface area contributed by atoms with Gasteiger partial charge >= 0.3 is 0 Å². The van der Waals surface area contributed by atoms with Crippen LogP contribution in [0.3, 0.4) is 0 Å². The van der Waals surface area contributed by atoms with Gasteiger partial charge in [0.1, 0.15) is 0 Å². The van der Waals surface area contributed by atoms with Crippen molar-refractivity contribution in [3.63, 3.8) is 0 Å². The third-order valence-corrected chi connectivity index (χ3v) is 3.32. The number of pyridine rings is 1. The van der Waals surface area contributed by atoms with E-state index in [4.69, 9.17) is 0 Å². The number of aromatic nitrogens is 1. The maximum Gasteiger partial charge on any atom is 0.159 e. The van der Waals surface area contributed by atoms with Crippen LogP contribution in [0.5, 0.6) is 0 Å². The largest absolute Gasteiger partial charge is 0.265 e. The Morgan fingerprint density at radius 1 is 1.06 bits per heavy atom. The molecular weight excluding hydrogens is 288 g/mol. The molecule has 1 nitrogen and oxygen atoms in total. The smallest absolute Gasteiger partial charge is 0.159 e. The van der Waals surface area contributed by atoms with Crippen molar-refractivity contribution in [2.24, 2.45) is 0 Å². The van der Waals surface area contributed by atoms with E-state index in [1.807, 2.05) is 12.1 Å². The minimum absolute atomic E-state index is 0.0651. The van der Waals surface area contributed by atoms with Gasteiger partial charge in [-0.15, -0.1) is 0 Å². The molecule has 0 radical (unpaired) electrons. The Labute approximate surface area is 107 Å². The molecule has 1 heterocycles. The first-order chi connectivity index (χ1) is 8.16. The molecule has 0 bridgehead atoms. The summed E-state index contributed by atoms with van der Waals surface area (Å²) in [5, 5.41) is 0. The van der Waals surface area contributed by atoms with E-state index in [2.05, 4.69) is 20.9 Å². The van der Waals surface area contributed by atoms with Crippen LogP contribution in [0, 0.1) is 11.6 Å². The van der Waals surface area contributed by atoms with Gasteiger partial charge in [-0.05, 0) is 41.8 Å². The number of nitrogens with zero attached hydrogens (tertiary/aromatic N) is 1. The van der Waals surface area contributed by atoms with Crippen LogP contribution in [0.4, 0.5) is 8.78 Å². The summed E-state index contributed by atoms with van der Waals surface area (Å²) < 4.78 is 25.8. The zero-order chi connectivity index (χ0) is 12.3.